The van der Waals surface area contributed by atoms with Crippen LogP contribution in [0.5, 0.6) is 0 Å². The van der Waals surface area contributed by atoms with Crippen LogP contribution in [-0.4, -0.2) is 58.6 Å². The van der Waals surface area contributed by atoms with E-state index in [-0.39, 0.29) is 18.9 Å². The van der Waals surface area contributed by atoms with Crippen molar-refractivity contribution in [1.29, 1.82) is 0 Å². The number of carbonyl (C=O) groups is 4. The molecular formula is C37H55N3O6. The SMILES string of the molecule is CCCN(C(=O)C(NC(=O)OC(C)(C)C)C(C)CC)C(C(=O)NC(Cc1ccccc1)C(=O)OC(C)(C)C)c1cc(C)cc(C)c1. The van der Waals surface area contributed by atoms with Crippen LogP contribution in [-0.2, 0) is 30.3 Å². The van der Waals surface area contributed by atoms with Crippen molar-refractivity contribution in [3.05, 3.63) is 70.8 Å². The van der Waals surface area contributed by atoms with Gasteiger partial charge >= 0.3 is 12.1 Å². The molecule has 2 aromatic rings. The van der Waals surface area contributed by atoms with E-state index < -0.39 is 53.2 Å². The first-order chi connectivity index (χ1) is 21.3. The monoisotopic (exact) mass is 637 g/mol. The number of benzene rings is 2. The van der Waals surface area contributed by atoms with E-state index in [1.807, 2.05) is 83.1 Å². The molecule has 0 saturated carbocycles. The van der Waals surface area contributed by atoms with Gasteiger partial charge in [0.2, 0.25) is 11.8 Å². The largest absolute Gasteiger partial charge is 0.458 e. The Morgan fingerprint density at radius 2 is 1.39 bits per heavy atom. The predicted octanol–water partition coefficient (Wildman–Crippen LogP) is 6.59. The van der Waals surface area contributed by atoms with Gasteiger partial charge in [0.05, 0.1) is 0 Å². The first-order valence-electron chi connectivity index (χ1n) is 16.3. The number of amides is 3. The summed E-state index contributed by atoms with van der Waals surface area (Å²) in [6.07, 6.45) is 0.658. The Kier molecular flexibility index (Phi) is 13.8. The van der Waals surface area contributed by atoms with Gasteiger partial charge in [-0.05, 0) is 78.9 Å². The Bertz CT molecular complexity index is 1310. The van der Waals surface area contributed by atoms with Crippen molar-refractivity contribution in [2.45, 2.75) is 125 Å². The van der Waals surface area contributed by atoms with Crippen molar-refractivity contribution in [3.8, 4) is 0 Å². The third-order valence-electron chi connectivity index (χ3n) is 7.31. The highest BCUT2D eigenvalue weighted by molar-refractivity contribution is 5.94. The molecule has 0 aliphatic heterocycles. The third kappa shape index (κ3) is 12.1. The number of hydrogen-bond acceptors (Lipinski definition) is 6. The number of aryl methyl sites for hydroxylation is 2. The Labute approximate surface area is 275 Å². The van der Waals surface area contributed by atoms with Crippen LogP contribution < -0.4 is 10.6 Å². The molecule has 3 amide bonds. The molecule has 46 heavy (non-hydrogen) atoms. The zero-order valence-electron chi connectivity index (χ0n) is 29.7. The van der Waals surface area contributed by atoms with Gasteiger partial charge in [0.1, 0.15) is 29.3 Å². The minimum atomic E-state index is -1.08. The van der Waals surface area contributed by atoms with E-state index in [0.717, 1.165) is 16.7 Å². The lowest BCUT2D eigenvalue weighted by atomic mass is 9.94. The molecule has 0 spiro atoms. The molecule has 2 rings (SSSR count). The summed E-state index contributed by atoms with van der Waals surface area (Å²) in [5.41, 5.74) is 1.78. The fourth-order valence-corrected chi connectivity index (χ4v) is 5.21. The molecule has 9 heteroatoms. The zero-order chi connectivity index (χ0) is 34.8. The molecule has 0 heterocycles. The molecule has 0 saturated heterocycles. The van der Waals surface area contributed by atoms with Gasteiger partial charge in [0.15, 0.2) is 0 Å². The van der Waals surface area contributed by atoms with Crippen molar-refractivity contribution in [2.24, 2.45) is 5.92 Å². The van der Waals surface area contributed by atoms with E-state index in [1.165, 1.54) is 4.90 Å². The standard InChI is InChI=1S/C37H55N3O6/c1-12-19-40(33(42)30(26(5)13-2)39-35(44)46-37(9,10)11)31(28-21-24(3)20-25(4)22-28)32(41)38-29(34(43)45-36(6,7)8)23-27-17-15-14-16-18-27/h14-18,20-22,26,29-31H,12-13,19,23H2,1-11H3,(H,38,41)(H,39,44). The Balaban J connectivity index is 2.64. The smallest absolute Gasteiger partial charge is 0.408 e. The second-order valence-electron chi connectivity index (χ2n) is 14.1. The molecule has 9 nitrogen and oxygen atoms in total. The summed E-state index contributed by atoms with van der Waals surface area (Å²) in [5.74, 6) is -1.74. The van der Waals surface area contributed by atoms with Crippen LogP contribution >= 0.6 is 0 Å². The molecule has 0 fully saturated rings. The summed E-state index contributed by atoms with van der Waals surface area (Å²) in [6.45, 7) is 20.5. The second kappa shape index (κ2) is 16.6. The molecule has 2 aromatic carbocycles. The predicted molar refractivity (Wildman–Crippen MR) is 181 cm³/mol. The van der Waals surface area contributed by atoms with Gasteiger partial charge in [0, 0.05) is 13.0 Å². The molecule has 0 aliphatic rings. The zero-order valence-corrected chi connectivity index (χ0v) is 29.7. The van der Waals surface area contributed by atoms with E-state index in [1.54, 1.807) is 41.5 Å². The normalized spacial score (nSPS) is 14.3. The van der Waals surface area contributed by atoms with Gasteiger partial charge in [-0.2, -0.15) is 0 Å². The topological polar surface area (TPSA) is 114 Å². The summed E-state index contributed by atoms with van der Waals surface area (Å²) in [4.78, 5) is 56.9. The molecule has 4 atom stereocenters. The first kappa shape index (κ1) is 38.3. The lowest BCUT2D eigenvalue weighted by Gasteiger charge is -2.36. The fraction of sp³-hybridized carbons (Fsp3) is 0.568. The number of rotatable bonds is 13. The Hall–Kier alpha value is -3.88. The number of ether oxygens (including phenoxy) is 2. The van der Waals surface area contributed by atoms with Gasteiger partial charge in [-0.15, -0.1) is 0 Å². The summed E-state index contributed by atoms with van der Waals surface area (Å²) in [5, 5.41) is 5.74. The van der Waals surface area contributed by atoms with E-state index in [2.05, 4.69) is 10.6 Å². The van der Waals surface area contributed by atoms with Crippen LogP contribution in [0.15, 0.2) is 48.5 Å². The summed E-state index contributed by atoms with van der Waals surface area (Å²) >= 11 is 0. The first-order valence-corrected chi connectivity index (χ1v) is 16.3. The van der Waals surface area contributed by atoms with Crippen LogP contribution in [0.4, 0.5) is 4.79 Å². The summed E-state index contributed by atoms with van der Waals surface area (Å²) in [6, 6.07) is 12.1. The van der Waals surface area contributed by atoms with Crippen LogP contribution in [0.3, 0.4) is 0 Å². The van der Waals surface area contributed by atoms with Crippen molar-refractivity contribution in [3.63, 3.8) is 0 Å². The van der Waals surface area contributed by atoms with E-state index in [0.29, 0.717) is 18.4 Å². The van der Waals surface area contributed by atoms with Crippen LogP contribution in [0, 0.1) is 19.8 Å². The molecule has 4 unspecified atom stereocenters. The highest BCUT2D eigenvalue weighted by atomic mass is 16.6. The molecular weight excluding hydrogens is 582 g/mol. The molecule has 0 radical (unpaired) electrons. The minimum Gasteiger partial charge on any atom is -0.458 e. The number of hydrogen-bond donors (Lipinski definition) is 2. The number of nitrogens with one attached hydrogen (secondary N) is 2. The van der Waals surface area contributed by atoms with E-state index in [9.17, 15) is 19.2 Å². The lowest BCUT2D eigenvalue weighted by Crippen LogP contribution is -2.56. The maximum atomic E-state index is 14.5. The molecule has 0 bridgehead atoms. The number of alkyl carbamates (subject to hydrolysis) is 1. The van der Waals surface area contributed by atoms with Gasteiger partial charge in [-0.25, -0.2) is 9.59 Å². The van der Waals surface area contributed by atoms with E-state index >= 15 is 0 Å². The maximum absolute atomic E-state index is 14.5. The van der Waals surface area contributed by atoms with Crippen molar-refractivity contribution >= 4 is 23.9 Å². The molecule has 2 N–H and O–H groups in total. The maximum Gasteiger partial charge on any atom is 0.408 e. The molecule has 0 aromatic heterocycles. The highest BCUT2D eigenvalue weighted by Gasteiger charge is 2.39. The quantitative estimate of drug-likeness (QED) is 0.240. The van der Waals surface area contributed by atoms with Gasteiger partial charge in [-0.3, -0.25) is 9.59 Å². The van der Waals surface area contributed by atoms with Crippen molar-refractivity contribution < 1.29 is 28.7 Å². The van der Waals surface area contributed by atoms with Gasteiger partial charge in [0.25, 0.3) is 0 Å². The second-order valence-corrected chi connectivity index (χ2v) is 14.1. The van der Waals surface area contributed by atoms with Crippen LogP contribution in [0.1, 0.15) is 103 Å². The fourth-order valence-electron chi connectivity index (χ4n) is 5.21. The van der Waals surface area contributed by atoms with Crippen LogP contribution in [0.25, 0.3) is 0 Å². The molecule has 254 valence electrons. The van der Waals surface area contributed by atoms with Crippen molar-refractivity contribution in [2.75, 3.05) is 6.54 Å². The highest BCUT2D eigenvalue weighted by Crippen LogP contribution is 2.27. The minimum absolute atomic E-state index is 0.207. The third-order valence-corrected chi connectivity index (χ3v) is 7.31. The van der Waals surface area contributed by atoms with Gasteiger partial charge < -0.3 is 25.0 Å². The molecule has 0 aliphatic carbocycles. The average Bonchev–Trinajstić information content (AvgIpc) is 2.92. The lowest BCUT2D eigenvalue weighted by molar-refractivity contribution is -0.159. The summed E-state index contributed by atoms with van der Waals surface area (Å²) < 4.78 is 11.2. The van der Waals surface area contributed by atoms with Crippen molar-refractivity contribution in [1.82, 2.24) is 15.5 Å². The average molecular weight is 638 g/mol. The Morgan fingerprint density at radius 3 is 1.89 bits per heavy atom. The number of carbonyl (C=O) groups excluding carboxylic acids is 4. The van der Waals surface area contributed by atoms with E-state index in [4.69, 9.17) is 9.47 Å². The van der Waals surface area contributed by atoms with Crippen LogP contribution in [0.2, 0.25) is 0 Å². The van der Waals surface area contributed by atoms with Gasteiger partial charge in [-0.1, -0.05) is 86.8 Å². The number of esters is 1. The Morgan fingerprint density at radius 1 is 0.826 bits per heavy atom. The number of nitrogens with zero attached hydrogens (tertiary/aromatic N) is 1. The summed E-state index contributed by atoms with van der Waals surface area (Å²) in [7, 11) is 0.